The lowest BCUT2D eigenvalue weighted by Crippen LogP contribution is -2.38. The van der Waals surface area contributed by atoms with Crippen LogP contribution in [0, 0.1) is 5.92 Å². The summed E-state index contributed by atoms with van der Waals surface area (Å²) in [7, 11) is 0. The maximum absolute atomic E-state index is 12.1. The van der Waals surface area contributed by atoms with Gasteiger partial charge in [0.15, 0.2) is 0 Å². The number of nitrogens with two attached hydrogens (primary N) is 1. The minimum absolute atomic E-state index is 0. The Bertz CT molecular complexity index is 547. The van der Waals surface area contributed by atoms with Crippen molar-refractivity contribution < 1.29 is 9.59 Å². The van der Waals surface area contributed by atoms with Crippen LogP contribution in [-0.2, 0) is 0 Å². The topological polar surface area (TPSA) is 96.2 Å². The van der Waals surface area contributed by atoms with Gasteiger partial charge in [-0.2, -0.15) is 0 Å². The number of rotatable bonds is 6. The maximum atomic E-state index is 12.1. The molecule has 128 valence electrons. The van der Waals surface area contributed by atoms with Crippen LogP contribution < -0.4 is 21.7 Å². The zero-order chi connectivity index (χ0) is 16.1. The molecule has 1 saturated carbocycles. The van der Waals surface area contributed by atoms with Gasteiger partial charge in [0.1, 0.15) is 0 Å². The molecule has 0 aromatic heterocycles. The highest BCUT2D eigenvalue weighted by molar-refractivity contribution is 5.96. The number of nitrogens with one attached hydrogen (secondary N) is 3. The summed E-state index contributed by atoms with van der Waals surface area (Å²) < 4.78 is 0. The third-order valence-corrected chi connectivity index (χ3v) is 3.53. The van der Waals surface area contributed by atoms with E-state index in [0.29, 0.717) is 23.7 Å². The van der Waals surface area contributed by atoms with E-state index in [-0.39, 0.29) is 36.4 Å². The number of carbonyl (C=O) groups is 2. The first kappa shape index (κ1) is 19.3. The summed E-state index contributed by atoms with van der Waals surface area (Å²) in [4.78, 5) is 23.8. The Balaban J connectivity index is 0.00000264. The van der Waals surface area contributed by atoms with Gasteiger partial charge in [-0.25, -0.2) is 4.79 Å². The number of hydrogen-bond acceptors (Lipinski definition) is 3. The summed E-state index contributed by atoms with van der Waals surface area (Å²) in [5.74, 6) is 0.372. The average Bonchev–Trinajstić information content (AvgIpc) is 3.28. The summed E-state index contributed by atoms with van der Waals surface area (Å²) in [6, 6.07) is 6.63. The van der Waals surface area contributed by atoms with Crippen LogP contribution in [0.4, 0.5) is 10.5 Å². The lowest BCUT2D eigenvalue weighted by Gasteiger charge is -2.13. The van der Waals surface area contributed by atoms with E-state index >= 15 is 0 Å². The highest BCUT2D eigenvalue weighted by Crippen LogP contribution is 2.31. The first-order valence-corrected chi connectivity index (χ1v) is 7.67. The molecule has 6 nitrogen and oxygen atoms in total. The zero-order valence-electron chi connectivity index (χ0n) is 13.5. The largest absolute Gasteiger partial charge is 0.350 e. The fourth-order valence-corrected chi connectivity index (χ4v) is 2.17. The van der Waals surface area contributed by atoms with Crippen LogP contribution in [0.1, 0.15) is 37.0 Å². The summed E-state index contributed by atoms with van der Waals surface area (Å²) in [5, 5.41) is 8.28. The Morgan fingerprint density at radius 1 is 1.30 bits per heavy atom. The van der Waals surface area contributed by atoms with Gasteiger partial charge >= 0.3 is 6.03 Å². The standard InChI is InChI=1S/C16H24N4O2.ClH/c1-10(2)19-16(22)20-13-5-3-4-12(8-13)15(21)18-9-14(17)11-6-7-11;/h3-5,8,10-11,14H,6-7,9,17H2,1-2H3,(H,18,21)(H2,19,20,22);1H. The van der Waals surface area contributed by atoms with Crippen molar-refractivity contribution in [2.75, 3.05) is 11.9 Å². The molecule has 0 bridgehead atoms. The fraction of sp³-hybridized carbons (Fsp3) is 0.500. The van der Waals surface area contributed by atoms with Gasteiger partial charge in [-0.05, 0) is 50.8 Å². The van der Waals surface area contributed by atoms with E-state index in [1.807, 2.05) is 13.8 Å². The molecule has 1 unspecified atom stereocenters. The van der Waals surface area contributed by atoms with E-state index < -0.39 is 0 Å². The minimum Gasteiger partial charge on any atom is -0.350 e. The van der Waals surface area contributed by atoms with Crippen LogP contribution in [0.25, 0.3) is 0 Å². The number of hydrogen-bond donors (Lipinski definition) is 4. The molecule has 0 aliphatic heterocycles. The number of urea groups is 1. The van der Waals surface area contributed by atoms with Crippen LogP contribution >= 0.6 is 12.4 Å². The van der Waals surface area contributed by atoms with E-state index in [9.17, 15) is 9.59 Å². The first-order chi connectivity index (χ1) is 10.5. The third-order valence-electron chi connectivity index (χ3n) is 3.53. The van der Waals surface area contributed by atoms with E-state index in [2.05, 4.69) is 16.0 Å². The van der Waals surface area contributed by atoms with E-state index in [4.69, 9.17) is 5.73 Å². The Kier molecular flexibility index (Phi) is 7.32. The molecule has 23 heavy (non-hydrogen) atoms. The fourth-order valence-electron chi connectivity index (χ4n) is 2.17. The second-order valence-electron chi connectivity index (χ2n) is 6.05. The zero-order valence-corrected chi connectivity index (χ0v) is 14.3. The van der Waals surface area contributed by atoms with E-state index in [0.717, 1.165) is 12.8 Å². The maximum Gasteiger partial charge on any atom is 0.319 e. The quantitative estimate of drug-likeness (QED) is 0.638. The van der Waals surface area contributed by atoms with Crippen molar-refractivity contribution in [3.8, 4) is 0 Å². The Labute approximate surface area is 143 Å². The molecule has 1 atom stereocenters. The summed E-state index contributed by atoms with van der Waals surface area (Å²) in [6.07, 6.45) is 2.31. The lowest BCUT2D eigenvalue weighted by atomic mass is 10.1. The molecule has 3 amide bonds. The molecule has 0 saturated heterocycles. The van der Waals surface area contributed by atoms with Gasteiger partial charge < -0.3 is 21.7 Å². The molecular weight excluding hydrogens is 316 g/mol. The normalized spacial score (nSPS) is 14.6. The van der Waals surface area contributed by atoms with Gasteiger partial charge in [0.25, 0.3) is 5.91 Å². The molecule has 1 aromatic carbocycles. The molecule has 0 radical (unpaired) electrons. The third kappa shape index (κ3) is 6.46. The molecule has 5 N–H and O–H groups in total. The highest BCUT2D eigenvalue weighted by Gasteiger charge is 2.28. The predicted octanol–water partition coefficient (Wildman–Crippen LogP) is 2.11. The molecule has 1 aliphatic rings. The van der Waals surface area contributed by atoms with Gasteiger partial charge in [0.05, 0.1) is 0 Å². The van der Waals surface area contributed by atoms with Crippen molar-refractivity contribution in [3.05, 3.63) is 29.8 Å². The Morgan fingerprint density at radius 3 is 2.61 bits per heavy atom. The molecule has 7 heteroatoms. The summed E-state index contributed by atoms with van der Waals surface area (Å²) in [5.41, 5.74) is 7.05. The van der Waals surface area contributed by atoms with Crippen molar-refractivity contribution in [2.45, 2.75) is 38.8 Å². The van der Waals surface area contributed by atoms with E-state index in [1.54, 1.807) is 24.3 Å². The predicted molar refractivity (Wildman–Crippen MR) is 94.0 cm³/mol. The van der Waals surface area contributed by atoms with E-state index in [1.165, 1.54) is 0 Å². The molecule has 1 aliphatic carbocycles. The van der Waals surface area contributed by atoms with Crippen LogP contribution in [0.15, 0.2) is 24.3 Å². The number of halogens is 1. The van der Waals surface area contributed by atoms with Gasteiger partial charge in [-0.3, -0.25) is 4.79 Å². The summed E-state index contributed by atoms with van der Waals surface area (Å²) >= 11 is 0. The lowest BCUT2D eigenvalue weighted by molar-refractivity contribution is 0.0950. The van der Waals surface area contributed by atoms with Gasteiger partial charge in [0, 0.05) is 29.9 Å². The van der Waals surface area contributed by atoms with Crippen LogP contribution in [0.3, 0.4) is 0 Å². The molecule has 2 rings (SSSR count). The molecule has 0 spiro atoms. The second-order valence-corrected chi connectivity index (χ2v) is 6.05. The smallest absolute Gasteiger partial charge is 0.319 e. The Hall–Kier alpha value is -1.79. The average molecular weight is 341 g/mol. The Morgan fingerprint density at radius 2 is 2.00 bits per heavy atom. The minimum atomic E-state index is -0.289. The summed E-state index contributed by atoms with van der Waals surface area (Å²) in [6.45, 7) is 4.24. The van der Waals surface area contributed by atoms with Crippen molar-refractivity contribution in [3.63, 3.8) is 0 Å². The van der Waals surface area contributed by atoms with Crippen molar-refractivity contribution in [1.29, 1.82) is 0 Å². The highest BCUT2D eigenvalue weighted by atomic mass is 35.5. The van der Waals surface area contributed by atoms with Crippen molar-refractivity contribution in [2.24, 2.45) is 11.7 Å². The van der Waals surface area contributed by atoms with Gasteiger partial charge in [0.2, 0.25) is 0 Å². The van der Waals surface area contributed by atoms with Crippen LogP contribution in [0.2, 0.25) is 0 Å². The first-order valence-electron chi connectivity index (χ1n) is 7.67. The molecule has 1 aromatic rings. The molecule has 0 heterocycles. The SMILES string of the molecule is CC(C)NC(=O)Nc1cccc(C(=O)NCC(N)C2CC2)c1.Cl. The number of benzene rings is 1. The van der Waals surface area contributed by atoms with Crippen molar-refractivity contribution >= 4 is 30.0 Å². The van der Waals surface area contributed by atoms with Gasteiger partial charge in [-0.1, -0.05) is 6.07 Å². The van der Waals surface area contributed by atoms with Crippen LogP contribution in [0.5, 0.6) is 0 Å². The monoisotopic (exact) mass is 340 g/mol. The number of amides is 3. The van der Waals surface area contributed by atoms with Crippen LogP contribution in [-0.4, -0.2) is 30.6 Å². The number of anilines is 1. The second kappa shape index (κ2) is 8.74. The number of carbonyl (C=O) groups excluding carboxylic acids is 2. The van der Waals surface area contributed by atoms with Crippen molar-refractivity contribution in [1.82, 2.24) is 10.6 Å². The molecule has 1 fully saturated rings. The van der Waals surface area contributed by atoms with Gasteiger partial charge in [-0.15, -0.1) is 12.4 Å². The molecular formula is C16H25ClN4O2.